The maximum absolute atomic E-state index is 5.89. The fraction of sp³-hybridized carbons (Fsp3) is 0.333. The molecule has 3 N–H and O–H groups in total. The molecule has 0 fully saturated rings. The first-order chi connectivity index (χ1) is 9.06. The Bertz CT molecular complexity index is 521. The summed E-state index contributed by atoms with van der Waals surface area (Å²) in [5, 5.41) is 3.36. The van der Waals surface area contributed by atoms with Crippen LogP contribution in [0, 0.1) is 0 Å². The molecule has 1 atom stereocenters. The highest BCUT2D eigenvalue weighted by Crippen LogP contribution is 2.28. The van der Waals surface area contributed by atoms with Crippen LogP contribution in [0.2, 0.25) is 0 Å². The second-order valence-corrected chi connectivity index (χ2v) is 4.80. The SMILES string of the molecule is CC(C)Oc1cc(NC(C)c2ccco2)ccc1N. The molecule has 0 radical (unpaired) electrons. The molecule has 2 rings (SSSR count). The van der Waals surface area contributed by atoms with Gasteiger partial charge in [-0.2, -0.15) is 0 Å². The molecule has 0 spiro atoms. The molecule has 0 amide bonds. The van der Waals surface area contributed by atoms with Gasteiger partial charge in [-0.3, -0.25) is 0 Å². The predicted octanol–water partition coefficient (Wildman–Crippen LogP) is 3.82. The molecule has 1 aromatic heterocycles. The van der Waals surface area contributed by atoms with Crippen LogP contribution in [0.3, 0.4) is 0 Å². The van der Waals surface area contributed by atoms with Gasteiger partial charge in [-0.05, 0) is 45.0 Å². The summed E-state index contributed by atoms with van der Waals surface area (Å²) in [5.41, 5.74) is 7.49. The van der Waals surface area contributed by atoms with Gasteiger partial charge in [-0.1, -0.05) is 0 Å². The normalized spacial score (nSPS) is 12.4. The minimum atomic E-state index is 0.0884. The molecule has 0 aliphatic carbocycles. The van der Waals surface area contributed by atoms with Crippen LogP contribution in [0.4, 0.5) is 11.4 Å². The van der Waals surface area contributed by atoms with E-state index in [4.69, 9.17) is 14.9 Å². The molecule has 19 heavy (non-hydrogen) atoms. The Kier molecular flexibility index (Phi) is 4.00. The molecule has 0 aliphatic rings. The number of nitrogen functional groups attached to an aromatic ring is 1. The highest BCUT2D eigenvalue weighted by molar-refractivity contribution is 5.61. The van der Waals surface area contributed by atoms with E-state index in [9.17, 15) is 0 Å². The van der Waals surface area contributed by atoms with Crippen LogP contribution in [0.15, 0.2) is 41.0 Å². The zero-order valence-electron chi connectivity index (χ0n) is 11.5. The summed E-state index contributed by atoms with van der Waals surface area (Å²) < 4.78 is 11.0. The Morgan fingerprint density at radius 2 is 2.00 bits per heavy atom. The van der Waals surface area contributed by atoms with Crippen LogP contribution in [-0.2, 0) is 0 Å². The molecular weight excluding hydrogens is 240 g/mol. The monoisotopic (exact) mass is 260 g/mol. The fourth-order valence-electron chi connectivity index (χ4n) is 1.84. The first-order valence-electron chi connectivity index (χ1n) is 6.42. The van der Waals surface area contributed by atoms with E-state index < -0.39 is 0 Å². The third-order valence-corrected chi connectivity index (χ3v) is 2.73. The third-order valence-electron chi connectivity index (χ3n) is 2.73. The van der Waals surface area contributed by atoms with Gasteiger partial charge in [-0.25, -0.2) is 0 Å². The van der Waals surface area contributed by atoms with Crippen molar-refractivity contribution in [3.63, 3.8) is 0 Å². The van der Waals surface area contributed by atoms with Crippen molar-refractivity contribution in [3.8, 4) is 5.75 Å². The number of hydrogen-bond donors (Lipinski definition) is 2. The summed E-state index contributed by atoms with van der Waals surface area (Å²) in [4.78, 5) is 0. The number of ether oxygens (including phenoxy) is 1. The summed E-state index contributed by atoms with van der Waals surface area (Å²) in [5.74, 6) is 1.59. The highest BCUT2D eigenvalue weighted by atomic mass is 16.5. The van der Waals surface area contributed by atoms with Crippen LogP contribution in [0.5, 0.6) is 5.75 Å². The number of hydrogen-bond acceptors (Lipinski definition) is 4. The van der Waals surface area contributed by atoms with Gasteiger partial charge in [0.2, 0.25) is 0 Å². The molecule has 2 aromatic rings. The number of nitrogens with one attached hydrogen (secondary N) is 1. The van der Waals surface area contributed by atoms with E-state index in [2.05, 4.69) is 5.32 Å². The summed E-state index contributed by atoms with van der Waals surface area (Å²) >= 11 is 0. The molecule has 102 valence electrons. The first kappa shape index (κ1) is 13.3. The van der Waals surface area contributed by atoms with Crippen LogP contribution in [0.25, 0.3) is 0 Å². The van der Waals surface area contributed by atoms with Crippen molar-refractivity contribution in [3.05, 3.63) is 42.4 Å². The van der Waals surface area contributed by atoms with Gasteiger partial charge in [-0.15, -0.1) is 0 Å². The van der Waals surface area contributed by atoms with E-state index in [1.165, 1.54) is 0 Å². The van der Waals surface area contributed by atoms with Gasteiger partial charge in [0.1, 0.15) is 11.5 Å². The van der Waals surface area contributed by atoms with Gasteiger partial charge in [0, 0.05) is 11.8 Å². The maximum Gasteiger partial charge on any atom is 0.144 e. The maximum atomic E-state index is 5.89. The molecule has 4 nitrogen and oxygen atoms in total. The molecule has 0 saturated heterocycles. The minimum absolute atomic E-state index is 0.0884. The number of anilines is 2. The average Bonchev–Trinajstić information content (AvgIpc) is 2.86. The average molecular weight is 260 g/mol. The number of furan rings is 1. The lowest BCUT2D eigenvalue weighted by molar-refractivity contribution is 0.244. The van der Waals surface area contributed by atoms with Crippen molar-refractivity contribution in [1.29, 1.82) is 0 Å². The fourth-order valence-corrected chi connectivity index (χ4v) is 1.84. The standard InChI is InChI=1S/C15H20N2O2/c1-10(2)19-15-9-12(6-7-13(15)16)17-11(3)14-5-4-8-18-14/h4-11,17H,16H2,1-3H3. The molecule has 0 aliphatic heterocycles. The van der Waals surface area contributed by atoms with E-state index in [1.54, 1.807) is 6.26 Å². The Morgan fingerprint density at radius 1 is 1.21 bits per heavy atom. The molecular formula is C15H20N2O2. The molecule has 4 heteroatoms. The smallest absolute Gasteiger partial charge is 0.144 e. The summed E-state index contributed by atoms with van der Waals surface area (Å²) in [6.45, 7) is 5.99. The van der Waals surface area contributed by atoms with Crippen LogP contribution >= 0.6 is 0 Å². The highest BCUT2D eigenvalue weighted by Gasteiger charge is 2.10. The van der Waals surface area contributed by atoms with Gasteiger partial charge >= 0.3 is 0 Å². The Balaban J connectivity index is 2.12. The molecule has 0 saturated carbocycles. The summed E-state index contributed by atoms with van der Waals surface area (Å²) in [7, 11) is 0. The molecule has 1 aromatic carbocycles. The van der Waals surface area contributed by atoms with E-state index in [0.29, 0.717) is 11.4 Å². The van der Waals surface area contributed by atoms with Crippen LogP contribution in [-0.4, -0.2) is 6.10 Å². The lowest BCUT2D eigenvalue weighted by Crippen LogP contribution is -2.09. The van der Waals surface area contributed by atoms with Gasteiger partial charge in [0.05, 0.1) is 24.1 Å². The van der Waals surface area contributed by atoms with Gasteiger partial charge < -0.3 is 20.2 Å². The number of nitrogens with two attached hydrogens (primary N) is 1. The lowest BCUT2D eigenvalue weighted by atomic mass is 10.2. The topological polar surface area (TPSA) is 60.4 Å². The van der Waals surface area contributed by atoms with Crippen molar-refractivity contribution in [2.75, 3.05) is 11.1 Å². The van der Waals surface area contributed by atoms with Crippen molar-refractivity contribution < 1.29 is 9.15 Å². The zero-order chi connectivity index (χ0) is 13.8. The van der Waals surface area contributed by atoms with Crippen LogP contribution < -0.4 is 15.8 Å². The third kappa shape index (κ3) is 3.44. The second-order valence-electron chi connectivity index (χ2n) is 4.80. The molecule has 1 unspecified atom stereocenters. The lowest BCUT2D eigenvalue weighted by Gasteiger charge is -2.16. The van der Waals surface area contributed by atoms with Crippen molar-refractivity contribution >= 4 is 11.4 Å². The number of rotatable bonds is 5. The summed E-state index contributed by atoms with van der Waals surface area (Å²) in [6.07, 6.45) is 1.77. The predicted molar refractivity (Wildman–Crippen MR) is 77.4 cm³/mol. The van der Waals surface area contributed by atoms with Crippen molar-refractivity contribution in [2.45, 2.75) is 32.9 Å². The van der Waals surface area contributed by atoms with E-state index in [1.807, 2.05) is 51.1 Å². The van der Waals surface area contributed by atoms with Crippen molar-refractivity contribution in [2.24, 2.45) is 0 Å². The Labute approximate surface area is 113 Å². The molecule has 0 bridgehead atoms. The van der Waals surface area contributed by atoms with Gasteiger partial charge in [0.15, 0.2) is 0 Å². The molecule has 1 heterocycles. The van der Waals surface area contributed by atoms with Gasteiger partial charge in [0.25, 0.3) is 0 Å². The van der Waals surface area contributed by atoms with E-state index >= 15 is 0 Å². The largest absolute Gasteiger partial charge is 0.489 e. The quantitative estimate of drug-likeness (QED) is 0.802. The summed E-state index contributed by atoms with van der Waals surface area (Å²) in [6, 6.07) is 9.60. The zero-order valence-corrected chi connectivity index (χ0v) is 11.5. The Morgan fingerprint density at radius 3 is 2.63 bits per heavy atom. The Hall–Kier alpha value is -2.10. The van der Waals surface area contributed by atoms with Crippen LogP contribution in [0.1, 0.15) is 32.6 Å². The van der Waals surface area contributed by atoms with E-state index in [-0.39, 0.29) is 12.1 Å². The van der Waals surface area contributed by atoms with Crippen molar-refractivity contribution in [1.82, 2.24) is 0 Å². The minimum Gasteiger partial charge on any atom is -0.489 e. The second kappa shape index (κ2) is 5.69. The first-order valence-corrected chi connectivity index (χ1v) is 6.42. The number of benzene rings is 1. The van der Waals surface area contributed by atoms with E-state index in [0.717, 1.165) is 11.4 Å².